The highest BCUT2D eigenvalue weighted by Crippen LogP contribution is 2.28. The first kappa shape index (κ1) is 13.0. The fourth-order valence-electron chi connectivity index (χ4n) is 1.63. The molecule has 0 aromatic carbocycles. The summed E-state index contributed by atoms with van der Waals surface area (Å²) in [6.45, 7) is 5.17. The lowest BCUT2D eigenvalue weighted by atomic mass is 10.2. The number of thiophene rings is 1. The fourth-order valence-corrected chi connectivity index (χ4v) is 2.52. The maximum absolute atomic E-state index is 5.37. The van der Waals surface area contributed by atoms with Crippen molar-refractivity contribution in [1.29, 1.82) is 0 Å². The van der Waals surface area contributed by atoms with Crippen molar-refractivity contribution in [2.24, 2.45) is 0 Å². The predicted octanol–water partition coefficient (Wildman–Crippen LogP) is 3.09. The van der Waals surface area contributed by atoms with Crippen molar-refractivity contribution < 1.29 is 4.74 Å². The Balaban J connectivity index is 2.38. The van der Waals surface area contributed by atoms with Crippen LogP contribution in [0.3, 0.4) is 0 Å². The van der Waals surface area contributed by atoms with Gasteiger partial charge in [-0.05, 0) is 30.9 Å². The van der Waals surface area contributed by atoms with Crippen LogP contribution >= 0.6 is 11.3 Å². The monoisotopic (exact) mass is 263 g/mol. The van der Waals surface area contributed by atoms with Gasteiger partial charge in [0.1, 0.15) is 12.4 Å². The van der Waals surface area contributed by atoms with Crippen LogP contribution in [-0.2, 0) is 11.3 Å². The van der Waals surface area contributed by atoms with Gasteiger partial charge in [0.2, 0.25) is 0 Å². The van der Waals surface area contributed by atoms with Gasteiger partial charge in [-0.2, -0.15) is 0 Å². The Hall–Kier alpha value is -1.46. The first-order valence-electron chi connectivity index (χ1n) is 5.92. The van der Waals surface area contributed by atoms with E-state index in [1.54, 1.807) is 11.3 Å². The molecule has 0 amide bonds. The molecule has 0 aliphatic carbocycles. The zero-order valence-corrected chi connectivity index (χ0v) is 11.7. The number of aryl methyl sites for hydroxylation is 1. The third-order valence-corrected chi connectivity index (χ3v) is 3.60. The maximum Gasteiger partial charge on any atom is 0.157 e. The Morgan fingerprint density at radius 3 is 2.83 bits per heavy atom. The summed E-state index contributed by atoms with van der Waals surface area (Å²) >= 11 is 1.70. The van der Waals surface area contributed by atoms with E-state index in [1.165, 1.54) is 10.4 Å². The van der Waals surface area contributed by atoms with Gasteiger partial charge in [-0.1, -0.05) is 0 Å². The van der Waals surface area contributed by atoms with E-state index in [4.69, 9.17) is 4.74 Å². The Morgan fingerprint density at radius 2 is 2.22 bits per heavy atom. The van der Waals surface area contributed by atoms with E-state index in [0.29, 0.717) is 19.0 Å². The minimum Gasteiger partial charge on any atom is -0.374 e. The molecule has 2 aromatic rings. The number of hydrogen-bond donors (Lipinski definition) is 1. The van der Waals surface area contributed by atoms with Crippen molar-refractivity contribution in [3.8, 4) is 10.6 Å². The summed E-state index contributed by atoms with van der Waals surface area (Å²) in [6.07, 6.45) is 0. The van der Waals surface area contributed by atoms with Crippen molar-refractivity contribution in [2.45, 2.75) is 20.5 Å². The van der Waals surface area contributed by atoms with Gasteiger partial charge in [-0.25, -0.2) is 9.97 Å². The number of nitrogens with zero attached hydrogens (tertiary/aromatic N) is 2. The van der Waals surface area contributed by atoms with Crippen molar-refractivity contribution in [1.82, 2.24) is 9.97 Å². The number of aromatic nitrogens is 2. The molecule has 2 heterocycles. The van der Waals surface area contributed by atoms with Crippen LogP contribution in [0.5, 0.6) is 0 Å². The number of anilines is 1. The Morgan fingerprint density at radius 1 is 1.39 bits per heavy atom. The van der Waals surface area contributed by atoms with E-state index >= 15 is 0 Å². The summed E-state index contributed by atoms with van der Waals surface area (Å²) in [5.74, 6) is 1.54. The zero-order chi connectivity index (χ0) is 13.0. The molecule has 2 aromatic heterocycles. The molecule has 0 bridgehead atoms. The summed E-state index contributed by atoms with van der Waals surface area (Å²) in [4.78, 5) is 10.1. The molecule has 0 fully saturated rings. The highest BCUT2D eigenvalue weighted by atomic mass is 32.1. The number of ether oxygens (including phenoxy) is 1. The molecule has 0 spiro atoms. The largest absolute Gasteiger partial charge is 0.374 e. The molecule has 2 rings (SSSR count). The smallest absolute Gasteiger partial charge is 0.157 e. The predicted molar refractivity (Wildman–Crippen MR) is 75.0 cm³/mol. The van der Waals surface area contributed by atoms with Crippen LogP contribution in [0.1, 0.15) is 18.3 Å². The van der Waals surface area contributed by atoms with Gasteiger partial charge in [0.25, 0.3) is 0 Å². The van der Waals surface area contributed by atoms with Crippen LogP contribution in [0.4, 0.5) is 5.82 Å². The van der Waals surface area contributed by atoms with Gasteiger partial charge in [-0.3, -0.25) is 0 Å². The summed E-state index contributed by atoms with van der Waals surface area (Å²) in [7, 11) is 1.86. The maximum atomic E-state index is 5.37. The fraction of sp³-hybridized carbons (Fsp3) is 0.385. The lowest BCUT2D eigenvalue weighted by Crippen LogP contribution is -2.03. The Bertz CT molecular complexity index is 525. The molecule has 5 heteroatoms. The second kappa shape index (κ2) is 5.93. The van der Waals surface area contributed by atoms with E-state index in [0.717, 1.165) is 11.5 Å². The van der Waals surface area contributed by atoms with Crippen LogP contribution in [0.15, 0.2) is 17.5 Å². The van der Waals surface area contributed by atoms with Crippen molar-refractivity contribution in [3.63, 3.8) is 0 Å². The second-order valence-electron chi connectivity index (χ2n) is 3.87. The first-order valence-corrected chi connectivity index (χ1v) is 6.80. The van der Waals surface area contributed by atoms with Crippen molar-refractivity contribution >= 4 is 17.2 Å². The molecule has 0 aliphatic rings. The van der Waals surface area contributed by atoms with Crippen molar-refractivity contribution in [2.75, 3.05) is 19.0 Å². The summed E-state index contributed by atoms with van der Waals surface area (Å²) in [5.41, 5.74) is 2.19. The number of hydrogen-bond acceptors (Lipinski definition) is 5. The summed E-state index contributed by atoms with van der Waals surface area (Å²) in [6, 6.07) is 4.07. The molecule has 18 heavy (non-hydrogen) atoms. The van der Waals surface area contributed by atoms with Crippen LogP contribution in [0.2, 0.25) is 0 Å². The molecule has 0 aliphatic heterocycles. The molecule has 0 saturated carbocycles. The molecule has 0 radical (unpaired) electrons. The third kappa shape index (κ3) is 2.86. The minimum atomic E-state index is 0.448. The molecule has 0 atom stereocenters. The van der Waals surface area contributed by atoms with E-state index in [2.05, 4.69) is 33.7 Å². The second-order valence-corrected chi connectivity index (χ2v) is 4.79. The average molecular weight is 263 g/mol. The van der Waals surface area contributed by atoms with Crippen LogP contribution in [0, 0.1) is 6.92 Å². The molecule has 1 N–H and O–H groups in total. The van der Waals surface area contributed by atoms with Gasteiger partial charge in [-0.15, -0.1) is 11.3 Å². The van der Waals surface area contributed by atoms with E-state index in [9.17, 15) is 0 Å². The average Bonchev–Trinajstić information content (AvgIpc) is 2.82. The standard InChI is InChI=1S/C13H17N3OS/c1-4-17-8-12-15-10(7-11(14-3)16-12)13-9(2)5-6-18-13/h5-7H,4,8H2,1-3H3,(H,14,15,16). The van der Waals surface area contributed by atoms with E-state index in [-0.39, 0.29) is 0 Å². The number of rotatable bonds is 5. The number of nitrogens with one attached hydrogen (secondary N) is 1. The highest BCUT2D eigenvalue weighted by molar-refractivity contribution is 7.13. The lowest BCUT2D eigenvalue weighted by Gasteiger charge is -2.07. The lowest BCUT2D eigenvalue weighted by molar-refractivity contribution is 0.128. The van der Waals surface area contributed by atoms with Crippen LogP contribution in [-0.4, -0.2) is 23.6 Å². The topological polar surface area (TPSA) is 47.0 Å². The normalized spacial score (nSPS) is 10.6. The molecular formula is C13H17N3OS. The molecule has 0 unspecified atom stereocenters. The Kier molecular flexibility index (Phi) is 4.28. The summed E-state index contributed by atoms with van der Waals surface area (Å²) < 4.78 is 5.37. The molecule has 4 nitrogen and oxygen atoms in total. The van der Waals surface area contributed by atoms with Crippen LogP contribution < -0.4 is 5.32 Å². The Labute approximate surface area is 111 Å². The van der Waals surface area contributed by atoms with Gasteiger partial charge < -0.3 is 10.1 Å². The molecule has 96 valence electrons. The van der Waals surface area contributed by atoms with Gasteiger partial charge in [0.05, 0.1) is 10.6 Å². The van der Waals surface area contributed by atoms with Crippen LogP contribution in [0.25, 0.3) is 10.6 Å². The molecule has 0 saturated heterocycles. The van der Waals surface area contributed by atoms with E-state index in [1.807, 2.05) is 20.0 Å². The minimum absolute atomic E-state index is 0.448. The van der Waals surface area contributed by atoms with Crippen molar-refractivity contribution in [3.05, 3.63) is 28.9 Å². The third-order valence-electron chi connectivity index (χ3n) is 2.56. The SMILES string of the molecule is CCOCc1nc(NC)cc(-c2sccc2C)n1. The quantitative estimate of drug-likeness (QED) is 0.900. The highest BCUT2D eigenvalue weighted by Gasteiger charge is 2.09. The van der Waals surface area contributed by atoms with Gasteiger partial charge >= 0.3 is 0 Å². The van der Waals surface area contributed by atoms with Gasteiger partial charge in [0, 0.05) is 19.7 Å². The first-order chi connectivity index (χ1) is 8.74. The molecular weight excluding hydrogens is 246 g/mol. The van der Waals surface area contributed by atoms with Gasteiger partial charge in [0.15, 0.2) is 5.82 Å². The zero-order valence-electron chi connectivity index (χ0n) is 10.9. The summed E-state index contributed by atoms with van der Waals surface area (Å²) in [5, 5.41) is 5.14. The van der Waals surface area contributed by atoms with E-state index < -0.39 is 0 Å².